The van der Waals surface area contributed by atoms with Crippen molar-refractivity contribution in [2.45, 2.75) is 17.7 Å². The normalized spacial score (nSPS) is 11.8. The van der Waals surface area contributed by atoms with Crippen LogP contribution in [0.1, 0.15) is 5.69 Å². The lowest BCUT2D eigenvalue weighted by Gasteiger charge is -2.03. The van der Waals surface area contributed by atoms with E-state index in [9.17, 15) is 8.42 Å². The Morgan fingerprint density at radius 1 is 1.55 bits per heavy atom. The van der Waals surface area contributed by atoms with E-state index in [0.29, 0.717) is 24.5 Å². The quantitative estimate of drug-likeness (QED) is 0.868. The minimum absolute atomic E-state index is 0.104. The highest BCUT2D eigenvalue weighted by Crippen LogP contribution is 2.28. The van der Waals surface area contributed by atoms with Crippen LogP contribution >= 0.6 is 22.9 Å². The molecule has 0 aliphatic heterocycles. The SMILES string of the molecule is COCCn1cc(NS(=O)(=O)c2sc(Cl)nc2C)cn1. The number of aryl methyl sites for hydroxylation is 1. The minimum Gasteiger partial charge on any atom is -0.383 e. The molecule has 20 heavy (non-hydrogen) atoms. The number of nitrogens with one attached hydrogen (secondary N) is 1. The van der Waals surface area contributed by atoms with Gasteiger partial charge >= 0.3 is 0 Å². The zero-order valence-electron chi connectivity index (χ0n) is 10.8. The standard InChI is InChI=1S/C10H13ClN4O3S2/c1-7-9(19-10(11)13-7)20(16,17)14-8-5-12-15(6-8)3-4-18-2/h5-6,14H,3-4H2,1-2H3. The highest BCUT2D eigenvalue weighted by molar-refractivity contribution is 7.94. The fourth-order valence-corrected chi connectivity index (χ4v) is 4.29. The Labute approximate surface area is 125 Å². The van der Waals surface area contributed by atoms with E-state index in [4.69, 9.17) is 16.3 Å². The van der Waals surface area contributed by atoms with Gasteiger partial charge in [0, 0.05) is 13.3 Å². The molecule has 0 spiro atoms. The Hall–Kier alpha value is -1.16. The predicted octanol–water partition coefficient (Wildman–Crippen LogP) is 1.75. The number of aromatic nitrogens is 3. The first kappa shape index (κ1) is 15.2. The van der Waals surface area contributed by atoms with Crippen LogP contribution in [0.2, 0.25) is 4.47 Å². The Kier molecular flexibility index (Phi) is 4.63. The van der Waals surface area contributed by atoms with Crippen molar-refractivity contribution in [2.24, 2.45) is 0 Å². The summed E-state index contributed by atoms with van der Waals surface area (Å²) in [5, 5.41) is 4.03. The molecule has 2 aromatic heterocycles. The summed E-state index contributed by atoms with van der Waals surface area (Å²) >= 11 is 6.64. The smallest absolute Gasteiger partial charge is 0.273 e. The molecule has 0 saturated carbocycles. The topological polar surface area (TPSA) is 86.1 Å². The van der Waals surface area contributed by atoms with Crippen molar-refractivity contribution < 1.29 is 13.2 Å². The van der Waals surface area contributed by atoms with Crippen molar-refractivity contribution >= 4 is 38.6 Å². The highest BCUT2D eigenvalue weighted by Gasteiger charge is 2.22. The number of halogens is 1. The van der Waals surface area contributed by atoms with Gasteiger partial charge in [-0.05, 0) is 6.92 Å². The molecule has 0 aromatic carbocycles. The van der Waals surface area contributed by atoms with Gasteiger partial charge < -0.3 is 4.74 Å². The van der Waals surface area contributed by atoms with Gasteiger partial charge in [0.05, 0.1) is 30.7 Å². The van der Waals surface area contributed by atoms with Crippen molar-refractivity contribution in [3.05, 3.63) is 22.6 Å². The monoisotopic (exact) mass is 336 g/mol. The molecule has 0 atom stereocenters. The molecule has 0 unspecified atom stereocenters. The van der Waals surface area contributed by atoms with Crippen LogP contribution in [0, 0.1) is 6.92 Å². The molecule has 10 heteroatoms. The third-order valence-electron chi connectivity index (χ3n) is 2.38. The Morgan fingerprint density at radius 3 is 2.90 bits per heavy atom. The van der Waals surface area contributed by atoms with E-state index in [0.717, 1.165) is 11.3 Å². The van der Waals surface area contributed by atoms with Gasteiger partial charge in [-0.25, -0.2) is 13.4 Å². The van der Waals surface area contributed by atoms with Gasteiger partial charge in [-0.1, -0.05) is 22.9 Å². The maximum absolute atomic E-state index is 12.2. The summed E-state index contributed by atoms with van der Waals surface area (Å²) in [7, 11) is -2.11. The van der Waals surface area contributed by atoms with E-state index < -0.39 is 10.0 Å². The minimum atomic E-state index is -3.69. The Bertz CT molecular complexity index is 695. The van der Waals surface area contributed by atoms with Crippen LogP contribution in [0.4, 0.5) is 5.69 Å². The maximum atomic E-state index is 12.2. The summed E-state index contributed by atoms with van der Waals surface area (Å²) in [6.07, 6.45) is 3.03. The van der Waals surface area contributed by atoms with Gasteiger partial charge in [0.2, 0.25) is 0 Å². The molecule has 0 fully saturated rings. The number of sulfonamides is 1. The fraction of sp³-hybridized carbons (Fsp3) is 0.400. The van der Waals surface area contributed by atoms with Crippen LogP contribution in [0.5, 0.6) is 0 Å². The molecule has 0 amide bonds. The number of rotatable bonds is 6. The molecule has 2 heterocycles. The molecule has 0 bridgehead atoms. The first-order valence-corrected chi connectivity index (χ1v) is 8.27. The first-order valence-electron chi connectivity index (χ1n) is 5.59. The third kappa shape index (κ3) is 3.48. The largest absolute Gasteiger partial charge is 0.383 e. The summed E-state index contributed by atoms with van der Waals surface area (Å²) in [5.41, 5.74) is 0.754. The van der Waals surface area contributed by atoms with Crippen molar-refractivity contribution in [3.63, 3.8) is 0 Å². The summed E-state index contributed by atoms with van der Waals surface area (Å²) in [6, 6.07) is 0. The zero-order valence-corrected chi connectivity index (χ0v) is 13.2. The average Bonchev–Trinajstić information content (AvgIpc) is 2.93. The Balaban J connectivity index is 2.16. The molecule has 0 radical (unpaired) electrons. The lowest BCUT2D eigenvalue weighted by molar-refractivity contribution is 0.183. The van der Waals surface area contributed by atoms with E-state index in [1.807, 2.05) is 0 Å². The summed E-state index contributed by atoms with van der Waals surface area (Å²) in [4.78, 5) is 3.89. The second kappa shape index (κ2) is 6.08. The second-order valence-electron chi connectivity index (χ2n) is 3.93. The molecular weight excluding hydrogens is 324 g/mol. The first-order chi connectivity index (χ1) is 9.42. The van der Waals surface area contributed by atoms with E-state index in [-0.39, 0.29) is 8.68 Å². The predicted molar refractivity (Wildman–Crippen MR) is 76.8 cm³/mol. The Morgan fingerprint density at radius 2 is 2.30 bits per heavy atom. The number of ether oxygens (including phenoxy) is 1. The number of methoxy groups -OCH3 is 1. The summed E-state index contributed by atoms with van der Waals surface area (Å²) < 4.78 is 33.7. The van der Waals surface area contributed by atoms with Gasteiger partial charge in [0.15, 0.2) is 8.68 Å². The van der Waals surface area contributed by atoms with Crippen LogP contribution in [-0.4, -0.2) is 36.9 Å². The lowest BCUT2D eigenvalue weighted by atomic mass is 10.6. The molecule has 0 aliphatic rings. The molecule has 2 aromatic rings. The van der Waals surface area contributed by atoms with Gasteiger partial charge in [-0.2, -0.15) is 5.10 Å². The molecule has 0 aliphatic carbocycles. The molecule has 1 N–H and O–H groups in total. The van der Waals surface area contributed by atoms with Crippen molar-refractivity contribution in [2.75, 3.05) is 18.4 Å². The van der Waals surface area contributed by atoms with E-state index in [2.05, 4.69) is 14.8 Å². The average molecular weight is 337 g/mol. The van der Waals surface area contributed by atoms with Crippen LogP contribution in [-0.2, 0) is 21.3 Å². The number of hydrogen-bond donors (Lipinski definition) is 1. The number of nitrogens with zero attached hydrogens (tertiary/aromatic N) is 3. The van der Waals surface area contributed by atoms with Crippen LogP contribution in [0.15, 0.2) is 16.6 Å². The van der Waals surface area contributed by atoms with Crippen molar-refractivity contribution in [3.8, 4) is 0 Å². The summed E-state index contributed by atoms with van der Waals surface area (Å²) in [6.45, 7) is 2.64. The van der Waals surface area contributed by atoms with Gasteiger partial charge in [0.25, 0.3) is 10.0 Å². The van der Waals surface area contributed by atoms with Crippen LogP contribution < -0.4 is 4.72 Å². The van der Waals surface area contributed by atoms with Crippen molar-refractivity contribution in [1.29, 1.82) is 0 Å². The highest BCUT2D eigenvalue weighted by atomic mass is 35.5. The lowest BCUT2D eigenvalue weighted by Crippen LogP contribution is -2.12. The third-order valence-corrected chi connectivity index (χ3v) is 5.63. The van der Waals surface area contributed by atoms with Gasteiger partial charge in [-0.15, -0.1) is 0 Å². The maximum Gasteiger partial charge on any atom is 0.273 e. The molecule has 0 saturated heterocycles. The van der Waals surface area contributed by atoms with Crippen LogP contribution in [0.3, 0.4) is 0 Å². The molecule has 110 valence electrons. The van der Waals surface area contributed by atoms with Crippen LogP contribution in [0.25, 0.3) is 0 Å². The molecule has 2 rings (SSSR count). The van der Waals surface area contributed by atoms with Gasteiger partial charge in [-0.3, -0.25) is 9.40 Å². The second-order valence-corrected chi connectivity index (χ2v) is 7.39. The number of hydrogen-bond acceptors (Lipinski definition) is 6. The van der Waals surface area contributed by atoms with Crippen molar-refractivity contribution in [1.82, 2.24) is 14.8 Å². The van der Waals surface area contributed by atoms with Gasteiger partial charge in [0.1, 0.15) is 0 Å². The van der Waals surface area contributed by atoms with E-state index in [1.54, 1.807) is 24.9 Å². The fourth-order valence-electron chi connectivity index (χ4n) is 1.52. The van der Waals surface area contributed by atoms with E-state index in [1.165, 1.54) is 6.20 Å². The number of thiazole rings is 1. The number of anilines is 1. The van der Waals surface area contributed by atoms with E-state index >= 15 is 0 Å². The summed E-state index contributed by atoms with van der Waals surface area (Å²) in [5.74, 6) is 0. The molecule has 7 nitrogen and oxygen atoms in total. The zero-order chi connectivity index (χ0) is 14.8. The molecular formula is C10H13ClN4O3S2.